The number of benzene rings is 1. The number of fused-ring (bicyclic) bond motifs is 1. The number of hydrogen-bond acceptors (Lipinski definition) is 3. The van der Waals surface area contributed by atoms with Crippen molar-refractivity contribution >= 4 is 27.0 Å². The molecule has 2 aromatic rings. The van der Waals surface area contributed by atoms with E-state index in [0.717, 1.165) is 40.5 Å². The van der Waals surface area contributed by atoms with E-state index < -0.39 is 0 Å². The average molecular weight is 312 g/mol. The van der Waals surface area contributed by atoms with Crippen molar-refractivity contribution in [1.29, 1.82) is 0 Å². The fourth-order valence-electron chi connectivity index (χ4n) is 2.41. The predicted molar refractivity (Wildman–Crippen MR) is 72.5 cm³/mol. The molecule has 2 heterocycles. The number of rotatable bonds is 2. The van der Waals surface area contributed by atoms with E-state index in [0.29, 0.717) is 0 Å². The highest BCUT2D eigenvalue weighted by molar-refractivity contribution is 9.10. The van der Waals surface area contributed by atoms with Crippen LogP contribution in [0.1, 0.15) is 24.4 Å². The average Bonchev–Trinajstić information content (AvgIpc) is 2.94. The Kier molecular flexibility index (Phi) is 3.01. The van der Waals surface area contributed by atoms with Crippen LogP contribution < -0.4 is 11.4 Å². The lowest BCUT2D eigenvalue weighted by molar-refractivity contribution is 0.0899. The molecular formula is C12H14BrN3O2. The van der Waals surface area contributed by atoms with Gasteiger partial charge in [0.2, 0.25) is 0 Å². The Morgan fingerprint density at radius 3 is 2.78 bits per heavy atom. The normalized spacial score (nSPS) is 21.6. The lowest BCUT2D eigenvalue weighted by Crippen LogP contribution is -2.25. The maximum absolute atomic E-state index is 11.3. The molecule has 1 aliphatic rings. The van der Waals surface area contributed by atoms with E-state index in [2.05, 4.69) is 25.9 Å². The number of imidazole rings is 1. The smallest absolute Gasteiger partial charge is 0.323 e. The van der Waals surface area contributed by atoms with Gasteiger partial charge >= 0.3 is 5.69 Å². The van der Waals surface area contributed by atoms with Gasteiger partial charge in [0.15, 0.2) is 0 Å². The fourth-order valence-corrected chi connectivity index (χ4v) is 3.02. The van der Waals surface area contributed by atoms with Gasteiger partial charge in [-0.15, -0.1) is 0 Å². The molecule has 0 spiro atoms. The largest absolute Gasteiger partial charge is 0.376 e. The highest BCUT2D eigenvalue weighted by Gasteiger charge is 2.26. The molecule has 2 atom stereocenters. The van der Waals surface area contributed by atoms with Crippen molar-refractivity contribution in [2.45, 2.75) is 25.0 Å². The second-order valence-corrected chi connectivity index (χ2v) is 5.43. The molecule has 5 nitrogen and oxygen atoms in total. The summed E-state index contributed by atoms with van der Waals surface area (Å²) in [7, 11) is 0. The molecule has 0 saturated carbocycles. The van der Waals surface area contributed by atoms with Crippen molar-refractivity contribution in [2.75, 3.05) is 6.61 Å². The molecule has 1 aromatic carbocycles. The molecule has 6 heteroatoms. The molecule has 0 aliphatic carbocycles. The van der Waals surface area contributed by atoms with Crippen molar-refractivity contribution in [3.05, 3.63) is 32.7 Å². The Morgan fingerprint density at radius 2 is 2.11 bits per heavy atom. The third kappa shape index (κ3) is 2.00. The van der Waals surface area contributed by atoms with Crippen LogP contribution in [0.2, 0.25) is 0 Å². The van der Waals surface area contributed by atoms with Gasteiger partial charge in [-0.3, -0.25) is 0 Å². The lowest BCUT2D eigenvalue weighted by atomic mass is 10.00. The summed E-state index contributed by atoms with van der Waals surface area (Å²) < 4.78 is 6.51. The molecule has 1 aromatic heterocycles. The quantitative estimate of drug-likeness (QED) is 0.790. The number of hydrogen-bond donors (Lipinski definition) is 3. The van der Waals surface area contributed by atoms with E-state index in [1.807, 2.05) is 12.1 Å². The molecule has 1 saturated heterocycles. The monoisotopic (exact) mass is 311 g/mol. The SMILES string of the molecule is NC(c1cc2[nH]c(=O)[nH]c2cc1Br)C1CCCO1. The number of H-pyrrole nitrogens is 2. The number of nitrogens with two attached hydrogens (primary N) is 1. The van der Waals surface area contributed by atoms with Gasteiger partial charge in [-0.05, 0) is 30.5 Å². The number of halogens is 1. The van der Waals surface area contributed by atoms with Crippen LogP contribution >= 0.6 is 15.9 Å². The summed E-state index contributed by atoms with van der Waals surface area (Å²) in [6, 6.07) is 3.60. The molecule has 2 unspecified atom stereocenters. The van der Waals surface area contributed by atoms with Crippen molar-refractivity contribution in [3.8, 4) is 0 Å². The minimum atomic E-state index is -0.209. The summed E-state index contributed by atoms with van der Waals surface area (Å²) in [4.78, 5) is 16.7. The Morgan fingerprint density at radius 1 is 1.39 bits per heavy atom. The van der Waals surface area contributed by atoms with Crippen LogP contribution in [0.15, 0.2) is 21.4 Å². The Balaban J connectivity index is 2.04. The van der Waals surface area contributed by atoms with Gasteiger partial charge in [0.05, 0.1) is 23.2 Å². The number of ether oxygens (including phenoxy) is 1. The zero-order chi connectivity index (χ0) is 12.7. The van der Waals surface area contributed by atoms with Gasteiger partial charge in [0.1, 0.15) is 0 Å². The highest BCUT2D eigenvalue weighted by Crippen LogP contribution is 2.31. The molecule has 3 rings (SSSR count). The zero-order valence-corrected chi connectivity index (χ0v) is 11.3. The molecule has 0 amide bonds. The molecular weight excluding hydrogens is 298 g/mol. The van der Waals surface area contributed by atoms with E-state index in [1.165, 1.54) is 0 Å². The van der Waals surface area contributed by atoms with Gasteiger partial charge in [0.25, 0.3) is 0 Å². The second kappa shape index (κ2) is 4.53. The van der Waals surface area contributed by atoms with Crippen molar-refractivity contribution in [2.24, 2.45) is 5.73 Å². The number of nitrogens with one attached hydrogen (secondary N) is 2. The van der Waals surface area contributed by atoms with Crippen molar-refractivity contribution in [1.82, 2.24) is 9.97 Å². The Labute approximate surface area is 112 Å². The van der Waals surface area contributed by atoms with Crippen molar-refractivity contribution in [3.63, 3.8) is 0 Å². The summed E-state index contributed by atoms with van der Waals surface area (Å²) in [6.07, 6.45) is 2.10. The van der Waals surface area contributed by atoms with E-state index in [9.17, 15) is 4.79 Å². The third-order valence-electron chi connectivity index (χ3n) is 3.36. The first-order valence-corrected chi connectivity index (χ1v) is 6.73. The van der Waals surface area contributed by atoms with Gasteiger partial charge in [0, 0.05) is 11.1 Å². The topological polar surface area (TPSA) is 83.9 Å². The van der Waals surface area contributed by atoms with Crippen LogP contribution in [0.5, 0.6) is 0 Å². The molecule has 96 valence electrons. The zero-order valence-electron chi connectivity index (χ0n) is 9.70. The molecule has 0 bridgehead atoms. The summed E-state index contributed by atoms with van der Waals surface area (Å²) >= 11 is 3.50. The summed E-state index contributed by atoms with van der Waals surface area (Å²) in [5.41, 5.74) is 8.54. The van der Waals surface area contributed by atoms with Gasteiger partial charge in [-0.2, -0.15) is 0 Å². The van der Waals surface area contributed by atoms with Crippen LogP contribution in [0.4, 0.5) is 0 Å². The summed E-state index contributed by atoms with van der Waals surface area (Å²) in [5.74, 6) is 0. The second-order valence-electron chi connectivity index (χ2n) is 4.58. The molecule has 1 fully saturated rings. The molecule has 4 N–H and O–H groups in total. The molecule has 18 heavy (non-hydrogen) atoms. The van der Waals surface area contributed by atoms with E-state index in [4.69, 9.17) is 10.5 Å². The minimum absolute atomic E-state index is 0.0596. The standard InChI is InChI=1S/C12H14BrN3O2/c13-7-5-9-8(15-12(17)16-9)4-6(7)11(14)10-2-1-3-18-10/h4-5,10-11H,1-3,14H2,(H2,15,16,17). The van der Waals surface area contributed by atoms with Crippen molar-refractivity contribution < 1.29 is 4.74 Å². The van der Waals surface area contributed by atoms with E-state index in [1.54, 1.807) is 0 Å². The van der Waals surface area contributed by atoms with Crippen LogP contribution in [-0.2, 0) is 4.74 Å². The highest BCUT2D eigenvalue weighted by atomic mass is 79.9. The fraction of sp³-hybridized carbons (Fsp3) is 0.417. The number of aromatic amines is 2. The molecule has 1 aliphatic heterocycles. The number of aromatic nitrogens is 2. The van der Waals surface area contributed by atoms with Crippen LogP contribution in [0, 0.1) is 0 Å². The maximum Gasteiger partial charge on any atom is 0.323 e. The first-order valence-electron chi connectivity index (χ1n) is 5.94. The van der Waals surface area contributed by atoms with Gasteiger partial charge in [-0.1, -0.05) is 15.9 Å². The minimum Gasteiger partial charge on any atom is -0.376 e. The first-order chi connectivity index (χ1) is 8.65. The Hall–Kier alpha value is -1.11. The lowest BCUT2D eigenvalue weighted by Gasteiger charge is -2.20. The third-order valence-corrected chi connectivity index (χ3v) is 4.04. The summed E-state index contributed by atoms with van der Waals surface area (Å²) in [5, 5.41) is 0. The van der Waals surface area contributed by atoms with Crippen LogP contribution in [0.25, 0.3) is 11.0 Å². The summed E-state index contributed by atoms with van der Waals surface area (Å²) in [6.45, 7) is 0.777. The first kappa shape index (κ1) is 12.0. The molecule has 0 radical (unpaired) electrons. The predicted octanol–water partition coefficient (Wildman–Crippen LogP) is 1.80. The van der Waals surface area contributed by atoms with Crippen LogP contribution in [-0.4, -0.2) is 22.7 Å². The Bertz CT molecular complexity index is 628. The van der Waals surface area contributed by atoms with Gasteiger partial charge < -0.3 is 20.4 Å². The van der Waals surface area contributed by atoms with E-state index >= 15 is 0 Å². The van der Waals surface area contributed by atoms with Gasteiger partial charge in [-0.25, -0.2) is 4.79 Å². The maximum atomic E-state index is 11.3. The van der Waals surface area contributed by atoms with E-state index in [-0.39, 0.29) is 17.8 Å². The van der Waals surface area contributed by atoms with Crippen LogP contribution in [0.3, 0.4) is 0 Å².